The number of nitrogens with zero attached hydrogens (tertiary/aromatic N) is 1. The minimum absolute atomic E-state index is 0. The molecule has 0 aliphatic rings. The second-order valence-electron chi connectivity index (χ2n) is 6.80. The van der Waals surface area contributed by atoms with Gasteiger partial charge in [-0.3, -0.25) is 10.1 Å². The second-order valence-corrected chi connectivity index (χ2v) is 10.3. The fourth-order valence-electron chi connectivity index (χ4n) is 3.97. The van der Waals surface area contributed by atoms with Crippen molar-refractivity contribution in [3.8, 4) is 0 Å². The van der Waals surface area contributed by atoms with Gasteiger partial charge in [-0.1, -0.05) is 72.8 Å². The Morgan fingerprint density at radius 1 is 0.567 bits per heavy atom. The van der Waals surface area contributed by atoms with Gasteiger partial charge in [0.25, 0.3) is 0 Å². The Hall–Kier alpha value is -2.81. The molecule has 4 aromatic rings. The van der Waals surface area contributed by atoms with E-state index in [2.05, 4.69) is 0 Å². The third-order valence-corrected chi connectivity index (χ3v) is 9.71. The van der Waals surface area contributed by atoms with E-state index >= 15 is 0 Å². The van der Waals surface area contributed by atoms with E-state index in [0.29, 0.717) is 0 Å². The third kappa shape index (κ3) is 3.94. The van der Waals surface area contributed by atoms with E-state index in [-0.39, 0.29) is 21.9 Å². The topological polar surface area (TPSA) is 43.1 Å². The van der Waals surface area contributed by atoms with Gasteiger partial charge in [0.05, 0.1) is 10.5 Å². The van der Waals surface area contributed by atoms with Gasteiger partial charge in [0.15, 0.2) is 7.26 Å². The molecule has 3 nitrogen and oxygen atoms in total. The molecule has 0 N–H and O–H groups in total. The molecule has 1 unspecified atom stereocenters. The molecule has 0 aliphatic carbocycles. The molecule has 0 bridgehead atoms. The molecule has 1 atom stereocenters. The Morgan fingerprint density at radius 2 is 0.867 bits per heavy atom. The summed E-state index contributed by atoms with van der Waals surface area (Å²) in [5, 5.41) is 15.7. The number of hydrogen-bond acceptors (Lipinski definition) is 2. The summed E-state index contributed by atoms with van der Waals surface area (Å²) in [6, 6.07) is 39.3. The SMILES string of the molecule is O=[N+]([O-])C(c1ccccc1)[P+](c1ccccc1)(c1ccccc1)c1ccccc1.[Br-]. The van der Waals surface area contributed by atoms with Gasteiger partial charge in [-0.15, -0.1) is 0 Å². The predicted molar refractivity (Wildman–Crippen MR) is 121 cm³/mol. The van der Waals surface area contributed by atoms with Crippen LogP contribution in [0.5, 0.6) is 0 Å². The van der Waals surface area contributed by atoms with E-state index in [1.54, 1.807) is 0 Å². The molecule has 0 amide bonds. The molecule has 150 valence electrons. The van der Waals surface area contributed by atoms with Crippen molar-refractivity contribution in [3.05, 3.63) is 137 Å². The summed E-state index contributed by atoms with van der Waals surface area (Å²) >= 11 is 0. The molecule has 0 saturated carbocycles. The van der Waals surface area contributed by atoms with Crippen LogP contribution in [0.1, 0.15) is 11.3 Å². The highest BCUT2D eigenvalue weighted by Crippen LogP contribution is 2.66. The van der Waals surface area contributed by atoms with Crippen LogP contribution in [-0.4, -0.2) is 4.92 Å². The van der Waals surface area contributed by atoms with Crippen molar-refractivity contribution in [3.63, 3.8) is 0 Å². The van der Waals surface area contributed by atoms with Crippen molar-refractivity contribution in [1.29, 1.82) is 0 Å². The van der Waals surface area contributed by atoms with Gasteiger partial charge in [-0.2, -0.15) is 0 Å². The lowest BCUT2D eigenvalue weighted by atomic mass is 10.2. The van der Waals surface area contributed by atoms with Gasteiger partial charge in [0.1, 0.15) is 15.9 Å². The van der Waals surface area contributed by atoms with E-state index in [4.69, 9.17) is 0 Å². The zero-order valence-electron chi connectivity index (χ0n) is 16.2. The molecule has 4 rings (SSSR count). The van der Waals surface area contributed by atoms with Gasteiger partial charge in [-0.05, 0) is 48.5 Å². The standard InChI is InChI=1S/C25H21NO2P.BrH/c27-26(28)25(21-13-5-1-6-14-21)29(22-15-7-2-8-16-22,23-17-9-3-10-18-23)24-19-11-4-12-20-24;/h1-20,25H;1H/q+1;/p-1. The first-order valence-electron chi connectivity index (χ1n) is 9.48. The number of rotatable bonds is 6. The molecule has 0 saturated heterocycles. The van der Waals surface area contributed by atoms with Crippen molar-refractivity contribution in [2.75, 3.05) is 0 Å². The Labute approximate surface area is 187 Å². The van der Waals surface area contributed by atoms with Gasteiger partial charge in [0, 0.05) is 0 Å². The molecule has 0 fully saturated rings. The van der Waals surface area contributed by atoms with Crippen LogP contribution >= 0.6 is 7.26 Å². The molecule has 0 aliphatic heterocycles. The van der Waals surface area contributed by atoms with Crippen LogP contribution < -0.4 is 32.9 Å². The zero-order valence-corrected chi connectivity index (χ0v) is 18.7. The highest BCUT2D eigenvalue weighted by molar-refractivity contribution is 7.95. The maximum Gasteiger partial charge on any atom is 0.346 e. The molecule has 5 heteroatoms. The molecule has 30 heavy (non-hydrogen) atoms. The summed E-state index contributed by atoms with van der Waals surface area (Å²) < 4.78 is 0. The molecule has 4 aromatic carbocycles. The molecule has 0 spiro atoms. The van der Waals surface area contributed by atoms with Crippen molar-refractivity contribution < 1.29 is 21.9 Å². The number of halogens is 1. The molecular weight excluding hydrogens is 457 g/mol. The van der Waals surface area contributed by atoms with E-state index in [0.717, 1.165) is 21.5 Å². The van der Waals surface area contributed by atoms with E-state index in [1.807, 2.05) is 121 Å². The lowest BCUT2D eigenvalue weighted by Gasteiger charge is -2.29. The van der Waals surface area contributed by atoms with Crippen LogP contribution in [0.15, 0.2) is 121 Å². The monoisotopic (exact) mass is 477 g/mol. The van der Waals surface area contributed by atoms with Gasteiger partial charge in [-0.25, -0.2) is 0 Å². The van der Waals surface area contributed by atoms with Crippen molar-refractivity contribution in [1.82, 2.24) is 0 Å². The summed E-state index contributed by atoms with van der Waals surface area (Å²) in [5.74, 6) is -0.879. The second kappa shape index (κ2) is 9.80. The quantitative estimate of drug-likeness (QED) is 0.242. The van der Waals surface area contributed by atoms with E-state index < -0.39 is 13.0 Å². The maximum atomic E-state index is 12.7. The van der Waals surface area contributed by atoms with Crippen LogP contribution in [0.2, 0.25) is 0 Å². The van der Waals surface area contributed by atoms with E-state index in [1.165, 1.54) is 0 Å². The van der Waals surface area contributed by atoms with Crippen LogP contribution in [0.3, 0.4) is 0 Å². The summed E-state index contributed by atoms with van der Waals surface area (Å²) in [7, 11) is -2.64. The highest BCUT2D eigenvalue weighted by atomic mass is 79.9. The van der Waals surface area contributed by atoms with Crippen molar-refractivity contribution in [2.24, 2.45) is 0 Å². The third-order valence-electron chi connectivity index (χ3n) is 5.15. The Kier molecular flexibility index (Phi) is 7.15. The fourth-order valence-corrected chi connectivity index (χ4v) is 8.54. The first-order valence-corrected chi connectivity index (χ1v) is 11.3. The van der Waals surface area contributed by atoms with Crippen LogP contribution in [0, 0.1) is 10.1 Å². The van der Waals surface area contributed by atoms with Gasteiger partial charge in [0.2, 0.25) is 0 Å². The van der Waals surface area contributed by atoms with Gasteiger partial charge >= 0.3 is 5.78 Å². The summed E-state index contributed by atoms with van der Waals surface area (Å²) in [5.41, 5.74) is 0.724. The average molecular weight is 478 g/mol. The Morgan fingerprint density at radius 3 is 1.17 bits per heavy atom. The van der Waals surface area contributed by atoms with Crippen molar-refractivity contribution >= 4 is 23.2 Å². The van der Waals surface area contributed by atoms with Gasteiger partial charge < -0.3 is 17.0 Å². The summed E-state index contributed by atoms with van der Waals surface area (Å²) in [6.07, 6.45) is 0. The first-order chi connectivity index (χ1) is 14.2. The molecule has 0 heterocycles. The minimum atomic E-state index is -2.64. The molecular formula is C25H21BrNO2P. The van der Waals surface area contributed by atoms with Crippen LogP contribution in [0.4, 0.5) is 0 Å². The number of benzene rings is 4. The normalized spacial score (nSPS) is 11.9. The smallest absolute Gasteiger partial charge is 0.346 e. The summed E-state index contributed by atoms with van der Waals surface area (Å²) in [4.78, 5) is 12.6. The minimum Gasteiger partial charge on any atom is -1.00 e. The summed E-state index contributed by atoms with van der Waals surface area (Å²) in [6.45, 7) is 0. The zero-order chi connectivity index (χ0) is 20.1. The van der Waals surface area contributed by atoms with Crippen LogP contribution in [0.25, 0.3) is 0 Å². The lowest BCUT2D eigenvalue weighted by molar-refractivity contribution is -0.502. The Balaban J connectivity index is 0.00000256. The molecule has 0 radical (unpaired) electrons. The van der Waals surface area contributed by atoms with Crippen molar-refractivity contribution in [2.45, 2.75) is 5.78 Å². The highest BCUT2D eigenvalue weighted by Gasteiger charge is 2.60. The largest absolute Gasteiger partial charge is 1.00 e. The fraction of sp³-hybridized carbons (Fsp3) is 0.0400. The number of hydrogen-bond donors (Lipinski definition) is 0. The number of nitro groups is 1. The predicted octanol–water partition coefficient (Wildman–Crippen LogP) is 1.96. The lowest BCUT2D eigenvalue weighted by Crippen LogP contribution is -3.00. The Bertz CT molecular complexity index is 981. The van der Waals surface area contributed by atoms with Crippen LogP contribution in [-0.2, 0) is 0 Å². The molecule has 0 aromatic heterocycles. The maximum absolute atomic E-state index is 12.7. The first kappa shape index (κ1) is 21.9. The average Bonchev–Trinajstić information content (AvgIpc) is 2.79. The van der Waals surface area contributed by atoms with E-state index in [9.17, 15) is 10.1 Å².